The Bertz CT molecular complexity index is 1480. The minimum Gasteiger partial charge on any atom is -0.486 e. The van der Waals surface area contributed by atoms with E-state index in [4.69, 9.17) is 9.47 Å². The van der Waals surface area contributed by atoms with Crippen LogP contribution in [0.5, 0.6) is 11.5 Å². The Morgan fingerprint density at radius 2 is 1.60 bits per heavy atom. The van der Waals surface area contributed by atoms with Gasteiger partial charge in [0, 0.05) is 25.1 Å². The normalized spacial score (nSPS) is 14.0. The molecule has 1 aliphatic rings. The van der Waals surface area contributed by atoms with E-state index in [1.807, 2.05) is 75.4 Å². The molecule has 1 aliphatic heterocycles. The summed E-state index contributed by atoms with van der Waals surface area (Å²) in [7, 11) is -3.89. The molecule has 0 unspecified atom stereocenters. The molecule has 0 saturated carbocycles. The van der Waals surface area contributed by atoms with Gasteiger partial charge < -0.3 is 19.7 Å². The number of hydrogen-bond acceptors (Lipinski definition) is 6. The molecule has 1 N–H and O–H groups in total. The molecule has 3 aromatic rings. The molecule has 0 bridgehead atoms. The van der Waals surface area contributed by atoms with Crippen LogP contribution in [0.25, 0.3) is 0 Å². The highest BCUT2D eigenvalue weighted by atomic mass is 32.2. The highest BCUT2D eigenvalue weighted by molar-refractivity contribution is 7.92. The van der Waals surface area contributed by atoms with E-state index in [9.17, 15) is 18.0 Å². The fourth-order valence-corrected chi connectivity index (χ4v) is 5.53. The smallest absolute Gasteiger partial charge is 0.244 e. The van der Waals surface area contributed by atoms with Crippen LogP contribution < -0.4 is 19.1 Å². The van der Waals surface area contributed by atoms with Crippen molar-refractivity contribution in [2.45, 2.75) is 52.2 Å². The highest BCUT2D eigenvalue weighted by Crippen LogP contribution is 2.34. The van der Waals surface area contributed by atoms with Gasteiger partial charge in [0.15, 0.2) is 11.5 Å². The zero-order valence-corrected chi connectivity index (χ0v) is 25.4. The van der Waals surface area contributed by atoms with Gasteiger partial charge in [0.25, 0.3) is 0 Å². The molecule has 10 heteroatoms. The van der Waals surface area contributed by atoms with E-state index >= 15 is 0 Å². The molecule has 4 rings (SSSR count). The Labute approximate surface area is 248 Å². The third-order valence-corrected chi connectivity index (χ3v) is 8.38. The van der Waals surface area contributed by atoms with Gasteiger partial charge in [0.2, 0.25) is 21.8 Å². The minimum absolute atomic E-state index is 0.0997. The zero-order chi connectivity index (χ0) is 30.3. The number of aryl methyl sites for hydroxylation is 1. The lowest BCUT2D eigenvalue weighted by molar-refractivity contribution is -0.140. The fourth-order valence-electron chi connectivity index (χ4n) is 4.69. The number of nitrogens with one attached hydrogen (secondary N) is 1. The maximum atomic E-state index is 14.2. The monoisotopic (exact) mass is 593 g/mol. The van der Waals surface area contributed by atoms with Crippen molar-refractivity contribution in [2.75, 3.05) is 30.3 Å². The Balaban J connectivity index is 1.73. The molecule has 3 aromatic carbocycles. The van der Waals surface area contributed by atoms with Gasteiger partial charge in [0.1, 0.15) is 25.8 Å². The summed E-state index contributed by atoms with van der Waals surface area (Å²) < 4.78 is 38.4. The van der Waals surface area contributed by atoms with E-state index in [1.54, 1.807) is 18.2 Å². The molecule has 2 amide bonds. The summed E-state index contributed by atoms with van der Waals surface area (Å²) in [5, 5.41) is 3.03. The van der Waals surface area contributed by atoms with Crippen LogP contribution >= 0.6 is 0 Å². The summed E-state index contributed by atoms with van der Waals surface area (Å²) in [6, 6.07) is 21.0. The summed E-state index contributed by atoms with van der Waals surface area (Å²) in [6.45, 7) is 6.24. The molecule has 1 heterocycles. The Morgan fingerprint density at radius 3 is 2.24 bits per heavy atom. The Hall–Kier alpha value is -4.05. The third-order valence-electron chi connectivity index (χ3n) is 7.24. The molecule has 2 atom stereocenters. The highest BCUT2D eigenvalue weighted by Gasteiger charge is 2.33. The third kappa shape index (κ3) is 8.03. The van der Waals surface area contributed by atoms with Crippen LogP contribution in [0.1, 0.15) is 37.0 Å². The largest absolute Gasteiger partial charge is 0.486 e. The lowest BCUT2D eigenvalue weighted by Crippen LogP contribution is -2.54. The molecule has 9 nitrogen and oxygen atoms in total. The van der Waals surface area contributed by atoms with Crippen LogP contribution in [0.3, 0.4) is 0 Å². The maximum Gasteiger partial charge on any atom is 0.244 e. The topological polar surface area (TPSA) is 105 Å². The maximum absolute atomic E-state index is 14.2. The number of anilines is 1. The predicted molar refractivity (Wildman–Crippen MR) is 163 cm³/mol. The van der Waals surface area contributed by atoms with Crippen molar-refractivity contribution < 1.29 is 27.5 Å². The van der Waals surface area contributed by atoms with E-state index in [2.05, 4.69) is 5.32 Å². The van der Waals surface area contributed by atoms with Crippen LogP contribution in [0.15, 0.2) is 72.8 Å². The lowest BCUT2D eigenvalue weighted by atomic mass is 10.0. The van der Waals surface area contributed by atoms with Crippen molar-refractivity contribution in [3.05, 3.63) is 89.5 Å². The average Bonchev–Trinajstić information content (AvgIpc) is 2.98. The van der Waals surface area contributed by atoms with Crippen LogP contribution in [0.2, 0.25) is 0 Å². The summed E-state index contributed by atoms with van der Waals surface area (Å²) in [5.41, 5.74) is 3.05. The summed E-state index contributed by atoms with van der Waals surface area (Å²) in [4.78, 5) is 29.5. The van der Waals surface area contributed by atoms with Crippen molar-refractivity contribution in [1.29, 1.82) is 0 Å². The molecule has 0 radical (unpaired) electrons. The molecule has 224 valence electrons. The van der Waals surface area contributed by atoms with Gasteiger partial charge in [-0.05, 0) is 43.5 Å². The number of ether oxygens (including phenoxy) is 2. The molecule has 0 spiro atoms. The van der Waals surface area contributed by atoms with Gasteiger partial charge >= 0.3 is 0 Å². The van der Waals surface area contributed by atoms with Gasteiger partial charge in [-0.1, -0.05) is 67.1 Å². The molecule has 0 aromatic heterocycles. The first-order valence-electron chi connectivity index (χ1n) is 14.1. The fraction of sp³-hybridized carbons (Fsp3) is 0.375. The van der Waals surface area contributed by atoms with Crippen molar-refractivity contribution in [3.63, 3.8) is 0 Å². The number of sulfonamides is 1. The van der Waals surface area contributed by atoms with Gasteiger partial charge in [-0.15, -0.1) is 0 Å². The Kier molecular flexibility index (Phi) is 10.1. The first-order valence-corrected chi connectivity index (χ1v) is 16.0. The first kappa shape index (κ1) is 30.9. The van der Waals surface area contributed by atoms with Crippen molar-refractivity contribution in [2.24, 2.45) is 0 Å². The SMILES string of the molecule is CC[C@H](C)NC(=O)[C@H](Cc1ccccc1)N(Cc1ccc(C)cc1)C(=O)CN(c1ccc2c(c1)OCCO2)S(C)(=O)=O. The number of carbonyl (C=O) groups excluding carboxylic acids is 2. The van der Waals surface area contributed by atoms with Crippen LogP contribution in [-0.4, -0.2) is 63.2 Å². The van der Waals surface area contributed by atoms with Crippen LogP contribution in [-0.2, 0) is 32.6 Å². The number of amides is 2. The number of nitrogens with zero attached hydrogens (tertiary/aromatic N) is 2. The van der Waals surface area contributed by atoms with Crippen LogP contribution in [0, 0.1) is 6.92 Å². The second-order valence-corrected chi connectivity index (χ2v) is 12.5. The quantitative estimate of drug-likeness (QED) is 0.339. The lowest BCUT2D eigenvalue weighted by Gasteiger charge is -2.34. The van der Waals surface area contributed by atoms with E-state index < -0.39 is 28.5 Å². The summed E-state index contributed by atoms with van der Waals surface area (Å²) in [5.74, 6) is 0.122. The van der Waals surface area contributed by atoms with Gasteiger partial charge in [-0.3, -0.25) is 13.9 Å². The standard InChI is InChI=1S/C32H39N3O6S/c1-5-24(3)33-32(37)28(19-25-9-7-6-8-10-25)34(21-26-13-11-23(2)12-14-26)31(36)22-35(42(4,38)39)27-15-16-29-30(20-27)41-18-17-40-29/h6-16,20,24,28H,5,17-19,21-22H2,1-4H3,(H,33,37)/t24-,28-/m0/s1. The molecule has 0 fully saturated rings. The summed E-state index contributed by atoms with van der Waals surface area (Å²) in [6.07, 6.45) is 2.05. The number of benzene rings is 3. The molecular formula is C32H39N3O6S. The number of carbonyl (C=O) groups is 2. The van der Waals surface area contributed by atoms with Crippen molar-refractivity contribution >= 4 is 27.5 Å². The molecular weight excluding hydrogens is 554 g/mol. The molecule has 0 aliphatic carbocycles. The second-order valence-electron chi connectivity index (χ2n) is 10.6. The number of rotatable bonds is 12. The van der Waals surface area contributed by atoms with Gasteiger partial charge in [0.05, 0.1) is 11.9 Å². The number of hydrogen-bond donors (Lipinski definition) is 1. The van der Waals surface area contributed by atoms with Crippen molar-refractivity contribution in [3.8, 4) is 11.5 Å². The second kappa shape index (κ2) is 13.7. The minimum atomic E-state index is -3.89. The molecule has 0 saturated heterocycles. The van der Waals surface area contributed by atoms with Gasteiger partial charge in [-0.2, -0.15) is 0 Å². The number of fused-ring (bicyclic) bond motifs is 1. The van der Waals surface area contributed by atoms with E-state index in [1.165, 1.54) is 4.90 Å². The van der Waals surface area contributed by atoms with E-state index in [0.29, 0.717) is 24.7 Å². The Morgan fingerprint density at radius 1 is 0.929 bits per heavy atom. The van der Waals surface area contributed by atoms with E-state index in [-0.39, 0.29) is 30.6 Å². The van der Waals surface area contributed by atoms with Crippen LogP contribution in [0.4, 0.5) is 5.69 Å². The van der Waals surface area contributed by atoms with Gasteiger partial charge in [-0.25, -0.2) is 8.42 Å². The van der Waals surface area contributed by atoms with Crippen molar-refractivity contribution in [1.82, 2.24) is 10.2 Å². The zero-order valence-electron chi connectivity index (χ0n) is 24.6. The predicted octanol–water partition coefficient (Wildman–Crippen LogP) is 4.09. The molecule has 42 heavy (non-hydrogen) atoms. The first-order chi connectivity index (χ1) is 20.0. The summed E-state index contributed by atoms with van der Waals surface area (Å²) >= 11 is 0. The average molecular weight is 594 g/mol. The van der Waals surface area contributed by atoms with E-state index in [0.717, 1.165) is 33.7 Å².